The first-order chi connectivity index (χ1) is 13.3. The average Bonchev–Trinajstić information content (AvgIpc) is 2.71. The lowest BCUT2D eigenvalue weighted by atomic mass is 10.1. The van der Waals surface area contributed by atoms with Gasteiger partial charge >= 0.3 is 0 Å². The van der Waals surface area contributed by atoms with Crippen LogP contribution in [0.25, 0.3) is 11.1 Å². The summed E-state index contributed by atoms with van der Waals surface area (Å²) in [4.78, 5) is 4.72. The molecule has 0 saturated heterocycles. The van der Waals surface area contributed by atoms with Gasteiger partial charge in [0.15, 0.2) is 0 Å². The smallest absolute Gasteiger partial charge is 0.0551 e. The summed E-state index contributed by atoms with van der Waals surface area (Å²) in [6.45, 7) is 0. The van der Waals surface area contributed by atoms with Crippen LogP contribution in [0.15, 0.2) is 123 Å². The van der Waals surface area contributed by atoms with E-state index in [1.807, 2.05) is 24.3 Å². The Hall–Kier alpha value is -2.13. The Morgan fingerprint density at radius 1 is 0.519 bits per heavy atom. The summed E-state index contributed by atoms with van der Waals surface area (Å²) in [5, 5.41) is 0.780. The second kappa shape index (κ2) is 8.71. The second-order valence-corrected chi connectivity index (χ2v) is 8.61. The van der Waals surface area contributed by atoms with E-state index in [0.29, 0.717) is 0 Å². The fourth-order valence-corrected chi connectivity index (χ4v) is 4.98. The molecule has 0 nitrogen and oxygen atoms in total. The predicted octanol–water partition coefficient (Wildman–Crippen LogP) is 8.31. The number of benzene rings is 4. The Morgan fingerprint density at radius 2 is 1.11 bits per heavy atom. The summed E-state index contributed by atoms with van der Waals surface area (Å²) in [7, 11) is 0. The first kappa shape index (κ1) is 18.2. The highest BCUT2D eigenvalue weighted by Crippen LogP contribution is 2.41. The van der Waals surface area contributed by atoms with E-state index in [-0.39, 0.29) is 0 Å². The lowest BCUT2D eigenvalue weighted by Crippen LogP contribution is -1.85. The summed E-state index contributed by atoms with van der Waals surface area (Å²) in [6.07, 6.45) is 0. The zero-order valence-corrected chi connectivity index (χ0v) is 16.9. The van der Waals surface area contributed by atoms with Gasteiger partial charge in [-0.15, -0.1) is 0 Å². The molecule has 0 unspecified atom stereocenters. The summed E-state index contributed by atoms with van der Waals surface area (Å²) >= 11 is 10.1. The molecular formula is C24H17ClS2. The molecule has 0 aliphatic carbocycles. The van der Waals surface area contributed by atoms with Crippen LogP contribution in [0.4, 0.5) is 0 Å². The van der Waals surface area contributed by atoms with Crippen molar-refractivity contribution in [2.24, 2.45) is 0 Å². The van der Waals surface area contributed by atoms with Gasteiger partial charge in [-0.2, -0.15) is 0 Å². The summed E-state index contributed by atoms with van der Waals surface area (Å²) < 4.78 is 0. The first-order valence-corrected chi connectivity index (χ1v) is 10.7. The van der Waals surface area contributed by atoms with Crippen molar-refractivity contribution >= 4 is 35.1 Å². The molecule has 27 heavy (non-hydrogen) atoms. The fraction of sp³-hybridized carbons (Fsp3) is 0. The normalized spacial score (nSPS) is 10.7. The van der Waals surface area contributed by atoms with E-state index in [1.54, 1.807) is 23.5 Å². The molecule has 0 aliphatic rings. The molecule has 0 heterocycles. The maximum Gasteiger partial charge on any atom is 0.0551 e. The third-order valence-corrected chi connectivity index (χ3v) is 6.63. The molecule has 4 rings (SSSR count). The molecule has 0 aromatic heterocycles. The third kappa shape index (κ3) is 4.59. The highest BCUT2D eigenvalue weighted by molar-refractivity contribution is 7.99. The Bertz CT molecular complexity index is 1030. The van der Waals surface area contributed by atoms with Gasteiger partial charge in [-0.25, -0.2) is 0 Å². The minimum absolute atomic E-state index is 0.780. The Morgan fingerprint density at radius 3 is 1.81 bits per heavy atom. The van der Waals surface area contributed by atoms with E-state index in [1.165, 1.54) is 20.2 Å². The van der Waals surface area contributed by atoms with Crippen molar-refractivity contribution in [1.29, 1.82) is 0 Å². The lowest BCUT2D eigenvalue weighted by Gasteiger charge is -2.12. The van der Waals surface area contributed by atoms with Crippen LogP contribution in [0.1, 0.15) is 0 Å². The number of hydrogen-bond donors (Lipinski definition) is 0. The summed E-state index contributed by atoms with van der Waals surface area (Å²) in [6, 6.07) is 35.6. The molecule has 3 heteroatoms. The van der Waals surface area contributed by atoms with Crippen LogP contribution >= 0.6 is 35.1 Å². The molecule has 0 aliphatic heterocycles. The van der Waals surface area contributed by atoms with Crippen molar-refractivity contribution in [3.8, 4) is 11.1 Å². The number of halogens is 1. The highest BCUT2D eigenvalue weighted by atomic mass is 35.5. The minimum atomic E-state index is 0.780. The fourth-order valence-electron chi connectivity index (χ4n) is 2.80. The summed E-state index contributed by atoms with van der Waals surface area (Å²) in [5.74, 6) is 0. The van der Waals surface area contributed by atoms with Gasteiger partial charge < -0.3 is 0 Å². The Kier molecular flexibility index (Phi) is 5.88. The van der Waals surface area contributed by atoms with Gasteiger partial charge in [0.25, 0.3) is 0 Å². The molecular weight excluding hydrogens is 388 g/mol. The summed E-state index contributed by atoms with van der Waals surface area (Å²) in [5.41, 5.74) is 2.34. The van der Waals surface area contributed by atoms with E-state index in [0.717, 1.165) is 15.5 Å². The van der Waals surface area contributed by atoms with E-state index in [2.05, 4.69) is 78.9 Å². The molecule has 0 fully saturated rings. The van der Waals surface area contributed by atoms with Gasteiger partial charge in [-0.05, 0) is 53.6 Å². The van der Waals surface area contributed by atoms with E-state index in [9.17, 15) is 0 Å². The van der Waals surface area contributed by atoms with Crippen molar-refractivity contribution < 1.29 is 0 Å². The van der Waals surface area contributed by atoms with Crippen molar-refractivity contribution in [2.75, 3.05) is 0 Å². The van der Waals surface area contributed by atoms with Crippen molar-refractivity contribution in [1.82, 2.24) is 0 Å². The van der Waals surface area contributed by atoms with Gasteiger partial charge in [0, 0.05) is 19.6 Å². The van der Waals surface area contributed by atoms with Crippen LogP contribution in [-0.4, -0.2) is 0 Å². The van der Waals surface area contributed by atoms with Gasteiger partial charge in [-0.3, -0.25) is 0 Å². The predicted molar refractivity (Wildman–Crippen MR) is 118 cm³/mol. The Balaban J connectivity index is 1.69. The zero-order valence-electron chi connectivity index (χ0n) is 14.5. The largest absolute Gasteiger partial charge is 0.0901 e. The third-order valence-electron chi connectivity index (χ3n) is 4.05. The molecule has 4 aromatic carbocycles. The SMILES string of the molecule is Clc1cccc(-c2cccc(Sc3ccccc3)c2)c1Sc1ccccc1. The minimum Gasteiger partial charge on any atom is -0.0901 e. The molecule has 0 N–H and O–H groups in total. The maximum absolute atomic E-state index is 6.57. The lowest BCUT2D eigenvalue weighted by molar-refractivity contribution is 1.37. The van der Waals surface area contributed by atoms with Crippen LogP contribution in [0.3, 0.4) is 0 Å². The Labute approximate surface area is 173 Å². The molecule has 4 aromatic rings. The van der Waals surface area contributed by atoms with Crippen LogP contribution in [0.5, 0.6) is 0 Å². The standard InChI is InChI=1S/C24H17ClS2/c25-23-16-8-15-22(24(23)27-20-12-5-2-6-13-20)18-9-7-14-21(17-18)26-19-10-3-1-4-11-19/h1-17H. The molecule has 0 saturated carbocycles. The topological polar surface area (TPSA) is 0 Å². The molecule has 0 atom stereocenters. The molecule has 0 bridgehead atoms. The molecule has 0 radical (unpaired) electrons. The van der Waals surface area contributed by atoms with Gasteiger partial charge in [0.1, 0.15) is 0 Å². The zero-order chi connectivity index (χ0) is 18.5. The van der Waals surface area contributed by atoms with Crippen molar-refractivity contribution in [3.63, 3.8) is 0 Å². The van der Waals surface area contributed by atoms with E-state index >= 15 is 0 Å². The van der Waals surface area contributed by atoms with Gasteiger partial charge in [-0.1, -0.05) is 95.8 Å². The monoisotopic (exact) mass is 404 g/mol. The van der Waals surface area contributed by atoms with E-state index in [4.69, 9.17) is 11.6 Å². The number of rotatable bonds is 5. The van der Waals surface area contributed by atoms with Crippen LogP contribution in [0.2, 0.25) is 5.02 Å². The second-order valence-electron chi connectivity index (χ2n) is 5.97. The van der Waals surface area contributed by atoms with Gasteiger partial charge in [0.05, 0.1) is 5.02 Å². The maximum atomic E-state index is 6.57. The molecule has 0 spiro atoms. The first-order valence-electron chi connectivity index (χ1n) is 8.64. The van der Waals surface area contributed by atoms with Crippen LogP contribution < -0.4 is 0 Å². The van der Waals surface area contributed by atoms with Crippen LogP contribution in [-0.2, 0) is 0 Å². The quantitative estimate of drug-likeness (QED) is 0.328. The molecule has 0 amide bonds. The average molecular weight is 405 g/mol. The van der Waals surface area contributed by atoms with Crippen LogP contribution in [0, 0.1) is 0 Å². The van der Waals surface area contributed by atoms with Crippen molar-refractivity contribution in [3.05, 3.63) is 108 Å². The number of hydrogen-bond acceptors (Lipinski definition) is 2. The van der Waals surface area contributed by atoms with Crippen molar-refractivity contribution in [2.45, 2.75) is 19.6 Å². The van der Waals surface area contributed by atoms with Gasteiger partial charge in [0.2, 0.25) is 0 Å². The molecule has 132 valence electrons. The highest BCUT2D eigenvalue weighted by Gasteiger charge is 2.11. The van der Waals surface area contributed by atoms with E-state index < -0.39 is 0 Å².